The van der Waals surface area contributed by atoms with Gasteiger partial charge in [0.05, 0.1) is 11.0 Å². The Hall–Kier alpha value is -3.63. The van der Waals surface area contributed by atoms with Gasteiger partial charge in [0, 0.05) is 56.6 Å². The lowest BCUT2D eigenvalue weighted by Gasteiger charge is -2.42. The number of imidazole rings is 1. The van der Waals surface area contributed by atoms with Crippen molar-refractivity contribution in [3.63, 3.8) is 0 Å². The maximum atomic E-state index is 15.3. The van der Waals surface area contributed by atoms with Crippen molar-refractivity contribution in [2.75, 3.05) is 43.4 Å². The Balaban J connectivity index is 1.13. The van der Waals surface area contributed by atoms with E-state index in [0.29, 0.717) is 17.4 Å². The van der Waals surface area contributed by atoms with Crippen LogP contribution in [0.3, 0.4) is 0 Å². The number of piperazine rings is 1. The summed E-state index contributed by atoms with van der Waals surface area (Å²) in [6.45, 7) is 12.7. The van der Waals surface area contributed by atoms with Crippen LogP contribution < -0.4 is 10.6 Å². The molecule has 1 aliphatic carbocycles. The predicted molar refractivity (Wildman–Crippen MR) is 157 cm³/mol. The number of fused-ring (bicyclic) bond motifs is 1. The molecule has 1 aromatic carbocycles. The average molecular weight is 544 g/mol. The minimum Gasteiger partial charge on any atom is -0.367 e. The number of halogens is 1. The Labute approximate surface area is 234 Å². The number of nitrogens with one attached hydrogen (secondary N) is 3. The van der Waals surface area contributed by atoms with E-state index in [1.165, 1.54) is 31.2 Å². The van der Waals surface area contributed by atoms with Crippen molar-refractivity contribution in [2.24, 2.45) is 5.92 Å². The minimum atomic E-state index is -0.431. The molecule has 0 spiro atoms. The van der Waals surface area contributed by atoms with Gasteiger partial charge in [0.1, 0.15) is 17.8 Å². The third-order valence-electron chi connectivity index (χ3n) is 8.13. The first-order valence-corrected chi connectivity index (χ1v) is 14.3. The van der Waals surface area contributed by atoms with E-state index < -0.39 is 5.82 Å². The van der Waals surface area contributed by atoms with Gasteiger partial charge in [-0.15, -0.1) is 0 Å². The number of H-pyrrole nitrogens is 1. The number of rotatable bonds is 8. The van der Waals surface area contributed by atoms with Crippen LogP contribution in [-0.2, 0) is 6.54 Å². The summed E-state index contributed by atoms with van der Waals surface area (Å²) in [6.07, 6.45) is 6.87. The second-order valence-corrected chi connectivity index (χ2v) is 12.0. The van der Waals surface area contributed by atoms with E-state index in [0.717, 1.165) is 56.1 Å². The number of hydrogen-bond donors (Lipinski definition) is 3. The summed E-state index contributed by atoms with van der Waals surface area (Å²) >= 11 is 0. The van der Waals surface area contributed by atoms with Crippen molar-refractivity contribution in [3.8, 4) is 11.3 Å². The van der Waals surface area contributed by atoms with Crippen LogP contribution in [0.5, 0.6) is 0 Å². The third-order valence-corrected chi connectivity index (χ3v) is 8.13. The Bertz CT molecular complexity index is 1470. The van der Waals surface area contributed by atoms with Gasteiger partial charge in [0.25, 0.3) is 0 Å². The van der Waals surface area contributed by atoms with Gasteiger partial charge in [-0.25, -0.2) is 24.3 Å². The zero-order chi connectivity index (χ0) is 27.7. The predicted octanol–water partition coefficient (Wildman–Crippen LogP) is 5.43. The second-order valence-electron chi connectivity index (χ2n) is 12.0. The standard InChI is InChI=1S/C30H38FN9/c1-30(2,3)40-13-11-39(12-14-40)18-21-9-10-32-25(15-21)38-29-36-23-8-7-22(16-24(23)37-29)27-26(31)28(35-19-34-27)33-17-20-5-4-6-20/h7-10,15-16,19-20H,4-6,11-14,17-18H2,1-3H3,(H,33,34,35)(H2,32,36,37,38). The lowest BCUT2D eigenvalue weighted by atomic mass is 9.85. The molecule has 3 aromatic heterocycles. The van der Waals surface area contributed by atoms with Crippen LogP contribution in [0.15, 0.2) is 42.9 Å². The Kier molecular flexibility index (Phi) is 7.37. The van der Waals surface area contributed by atoms with E-state index in [2.05, 4.69) is 78.3 Å². The van der Waals surface area contributed by atoms with Gasteiger partial charge in [-0.3, -0.25) is 9.80 Å². The highest BCUT2D eigenvalue weighted by Gasteiger charge is 2.26. The number of hydrogen-bond acceptors (Lipinski definition) is 8. The molecule has 2 fully saturated rings. The molecule has 10 heteroatoms. The van der Waals surface area contributed by atoms with Gasteiger partial charge < -0.3 is 15.6 Å². The molecule has 0 radical (unpaired) electrons. The quantitative estimate of drug-likeness (QED) is 0.271. The number of benzene rings is 1. The Morgan fingerprint density at radius 1 is 1.02 bits per heavy atom. The summed E-state index contributed by atoms with van der Waals surface area (Å²) in [4.78, 5) is 25.9. The summed E-state index contributed by atoms with van der Waals surface area (Å²) in [5.41, 5.74) is 3.93. The summed E-state index contributed by atoms with van der Waals surface area (Å²) in [5, 5.41) is 6.46. The molecule has 0 amide bonds. The minimum absolute atomic E-state index is 0.214. The van der Waals surface area contributed by atoms with Gasteiger partial charge in [-0.1, -0.05) is 12.5 Å². The topological polar surface area (TPSA) is 97.9 Å². The van der Waals surface area contributed by atoms with Crippen molar-refractivity contribution < 1.29 is 4.39 Å². The summed E-state index contributed by atoms with van der Waals surface area (Å²) < 4.78 is 15.3. The summed E-state index contributed by atoms with van der Waals surface area (Å²) in [7, 11) is 0. The number of anilines is 3. The van der Waals surface area contributed by atoms with Crippen molar-refractivity contribution in [1.29, 1.82) is 0 Å². The number of pyridine rings is 1. The van der Waals surface area contributed by atoms with Gasteiger partial charge in [-0.05, 0) is 69.4 Å². The van der Waals surface area contributed by atoms with Crippen LogP contribution in [0.4, 0.5) is 22.0 Å². The molecular formula is C30H38FN9. The third kappa shape index (κ3) is 5.93. The molecule has 0 bridgehead atoms. The first kappa shape index (κ1) is 26.6. The van der Waals surface area contributed by atoms with E-state index in [9.17, 15) is 0 Å². The van der Waals surface area contributed by atoms with Crippen LogP contribution in [0.2, 0.25) is 0 Å². The zero-order valence-corrected chi connectivity index (χ0v) is 23.5. The molecule has 1 saturated carbocycles. The molecule has 4 heterocycles. The van der Waals surface area contributed by atoms with E-state index in [1.54, 1.807) is 0 Å². The van der Waals surface area contributed by atoms with E-state index in [-0.39, 0.29) is 17.1 Å². The van der Waals surface area contributed by atoms with Crippen molar-refractivity contribution in [1.82, 2.24) is 34.7 Å². The second kappa shape index (κ2) is 11.1. The monoisotopic (exact) mass is 543 g/mol. The Morgan fingerprint density at radius 2 is 1.85 bits per heavy atom. The van der Waals surface area contributed by atoms with Gasteiger partial charge in [0.15, 0.2) is 11.6 Å². The fraction of sp³-hybridized carbons (Fsp3) is 0.467. The molecule has 1 saturated heterocycles. The largest absolute Gasteiger partial charge is 0.367 e. The highest BCUT2D eigenvalue weighted by atomic mass is 19.1. The van der Waals surface area contributed by atoms with Crippen molar-refractivity contribution in [2.45, 2.75) is 52.1 Å². The Morgan fingerprint density at radius 3 is 2.60 bits per heavy atom. The normalized spacial score (nSPS) is 17.2. The molecule has 9 nitrogen and oxygen atoms in total. The molecule has 210 valence electrons. The van der Waals surface area contributed by atoms with Crippen molar-refractivity contribution in [3.05, 3.63) is 54.2 Å². The zero-order valence-electron chi connectivity index (χ0n) is 23.5. The number of aromatic nitrogens is 5. The van der Waals surface area contributed by atoms with Crippen LogP contribution in [0.25, 0.3) is 22.3 Å². The molecule has 0 atom stereocenters. The van der Waals surface area contributed by atoms with E-state index >= 15 is 4.39 Å². The first-order chi connectivity index (χ1) is 19.3. The van der Waals surface area contributed by atoms with Crippen LogP contribution in [-0.4, -0.2) is 73.0 Å². The molecule has 40 heavy (non-hydrogen) atoms. The maximum Gasteiger partial charge on any atom is 0.206 e. The number of aromatic amines is 1. The molecule has 0 unspecified atom stereocenters. The first-order valence-electron chi connectivity index (χ1n) is 14.3. The molecule has 4 aromatic rings. The van der Waals surface area contributed by atoms with Gasteiger partial charge in [0.2, 0.25) is 5.95 Å². The summed E-state index contributed by atoms with van der Waals surface area (Å²) in [5.74, 6) is 1.74. The molecule has 2 aliphatic rings. The van der Waals surface area contributed by atoms with Gasteiger partial charge in [-0.2, -0.15) is 0 Å². The highest BCUT2D eigenvalue weighted by molar-refractivity contribution is 5.83. The SMILES string of the molecule is CC(C)(C)N1CCN(Cc2ccnc(Nc3nc4ccc(-c5ncnc(NCC6CCC6)c5F)cc4[nH]3)c2)CC1. The fourth-order valence-corrected chi connectivity index (χ4v) is 5.45. The molecule has 6 rings (SSSR count). The van der Waals surface area contributed by atoms with Crippen LogP contribution in [0.1, 0.15) is 45.6 Å². The van der Waals surface area contributed by atoms with Gasteiger partial charge >= 0.3 is 0 Å². The van der Waals surface area contributed by atoms with Crippen LogP contribution in [0, 0.1) is 11.7 Å². The molecule has 1 aliphatic heterocycles. The molecular weight excluding hydrogens is 505 g/mol. The number of nitrogens with zero attached hydrogens (tertiary/aromatic N) is 6. The lowest BCUT2D eigenvalue weighted by molar-refractivity contribution is 0.0591. The highest BCUT2D eigenvalue weighted by Crippen LogP contribution is 2.30. The molecule has 3 N–H and O–H groups in total. The fourth-order valence-electron chi connectivity index (χ4n) is 5.45. The smallest absolute Gasteiger partial charge is 0.206 e. The van der Waals surface area contributed by atoms with E-state index in [4.69, 9.17) is 0 Å². The van der Waals surface area contributed by atoms with Crippen molar-refractivity contribution >= 4 is 28.6 Å². The maximum absolute atomic E-state index is 15.3. The average Bonchev–Trinajstić information content (AvgIpc) is 3.30. The summed E-state index contributed by atoms with van der Waals surface area (Å²) in [6, 6.07) is 9.72. The van der Waals surface area contributed by atoms with E-state index in [1.807, 2.05) is 24.4 Å². The lowest BCUT2D eigenvalue weighted by Crippen LogP contribution is -2.53. The van der Waals surface area contributed by atoms with Crippen LogP contribution >= 0.6 is 0 Å².